The lowest BCUT2D eigenvalue weighted by atomic mass is 10.1. The third-order valence-electron chi connectivity index (χ3n) is 5.98. The zero-order valence-corrected chi connectivity index (χ0v) is 18.1. The Bertz CT molecular complexity index is 694. The SMILES string of the molecule is CN=C(NCCc1cccc(OC)c1)N1CCN(C(C)C(=O)N2CCCC2)CC1. The molecular formula is C22H35N5O2. The number of likely N-dealkylation sites (tertiary alicyclic amines) is 1. The molecule has 1 aromatic rings. The molecule has 0 radical (unpaired) electrons. The summed E-state index contributed by atoms with van der Waals surface area (Å²) in [6.45, 7) is 8.27. The van der Waals surface area contributed by atoms with Gasteiger partial charge in [-0.1, -0.05) is 12.1 Å². The van der Waals surface area contributed by atoms with E-state index in [4.69, 9.17) is 4.74 Å². The molecule has 1 aromatic carbocycles. The van der Waals surface area contributed by atoms with E-state index in [-0.39, 0.29) is 11.9 Å². The van der Waals surface area contributed by atoms with Crippen molar-refractivity contribution in [1.82, 2.24) is 20.0 Å². The van der Waals surface area contributed by atoms with Crippen molar-refractivity contribution in [1.29, 1.82) is 0 Å². The molecule has 0 bridgehead atoms. The third-order valence-corrected chi connectivity index (χ3v) is 5.98. The summed E-state index contributed by atoms with van der Waals surface area (Å²) in [4.78, 5) is 23.7. The Labute approximate surface area is 174 Å². The molecule has 0 saturated carbocycles. The maximum Gasteiger partial charge on any atom is 0.239 e. The van der Waals surface area contributed by atoms with Crippen LogP contribution in [0.4, 0.5) is 0 Å². The average Bonchev–Trinajstić information content (AvgIpc) is 3.31. The van der Waals surface area contributed by atoms with Crippen LogP contribution >= 0.6 is 0 Å². The molecule has 1 atom stereocenters. The number of amides is 1. The van der Waals surface area contributed by atoms with Gasteiger partial charge in [-0.25, -0.2) is 0 Å². The molecule has 160 valence electrons. The summed E-state index contributed by atoms with van der Waals surface area (Å²) in [5, 5.41) is 3.48. The van der Waals surface area contributed by atoms with Gasteiger partial charge in [-0.3, -0.25) is 14.7 Å². The average molecular weight is 402 g/mol. The van der Waals surface area contributed by atoms with E-state index in [9.17, 15) is 4.79 Å². The van der Waals surface area contributed by atoms with Crippen LogP contribution < -0.4 is 10.1 Å². The number of hydrogen-bond donors (Lipinski definition) is 1. The summed E-state index contributed by atoms with van der Waals surface area (Å²) in [5.41, 5.74) is 1.24. The molecule has 2 aliphatic rings. The Morgan fingerprint density at radius 3 is 2.52 bits per heavy atom. The van der Waals surface area contributed by atoms with Crippen LogP contribution in [0.5, 0.6) is 5.75 Å². The van der Waals surface area contributed by atoms with E-state index in [0.717, 1.165) is 76.8 Å². The Morgan fingerprint density at radius 2 is 1.86 bits per heavy atom. The predicted octanol–water partition coefficient (Wildman–Crippen LogP) is 1.44. The lowest BCUT2D eigenvalue weighted by molar-refractivity contribution is -0.135. The van der Waals surface area contributed by atoms with Gasteiger partial charge in [0.1, 0.15) is 5.75 Å². The number of methoxy groups -OCH3 is 1. The quantitative estimate of drug-likeness (QED) is 0.577. The highest BCUT2D eigenvalue weighted by molar-refractivity contribution is 5.82. The maximum atomic E-state index is 12.7. The van der Waals surface area contributed by atoms with Gasteiger partial charge in [-0.05, 0) is 43.9 Å². The first-order valence-corrected chi connectivity index (χ1v) is 10.7. The van der Waals surface area contributed by atoms with Crippen molar-refractivity contribution in [2.45, 2.75) is 32.2 Å². The number of benzene rings is 1. The first-order valence-electron chi connectivity index (χ1n) is 10.7. The molecule has 29 heavy (non-hydrogen) atoms. The van der Waals surface area contributed by atoms with Gasteiger partial charge in [-0.15, -0.1) is 0 Å². The molecule has 1 unspecified atom stereocenters. The van der Waals surface area contributed by atoms with Crippen LogP contribution in [-0.4, -0.2) is 92.6 Å². The molecule has 2 aliphatic heterocycles. The maximum absolute atomic E-state index is 12.7. The molecule has 7 heteroatoms. The Morgan fingerprint density at radius 1 is 1.14 bits per heavy atom. The van der Waals surface area contributed by atoms with Crippen LogP contribution in [0.1, 0.15) is 25.3 Å². The van der Waals surface area contributed by atoms with E-state index in [0.29, 0.717) is 0 Å². The van der Waals surface area contributed by atoms with Crippen molar-refractivity contribution in [2.75, 3.05) is 60.0 Å². The fourth-order valence-electron chi connectivity index (χ4n) is 4.16. The van der Waals surface area contributed by atoms with Crippen LogP contribution in [-0.2, 0) is 11.2 Å². The van der Waals surface area contributed by atoms with E-state index in [1.807, 2.05) is 24.1 Å². The lowest BCUT2D eigenvalue weighted by Gasteiger charge is -2.39. The van der Waals surface area contributed by atoms with Gasteiger partial charge in [0.05, 0.1) is 13.2 Å². The zero-order valence-electron chi connectivity index (χ0n) is 18.1. The highest BCUT2D eigenvalue weighted by Gasteiger charge is 2.30. The number of ether oxygens (including phenoxy) is 1. The standard InChI is InChI=1S/C22H35N5O2/c1-18(21(28)26-11-4-5-12-26)25-13-15-27(16-14-25)22(23-2)24-10-9-19-7-6-8-20(17-19)29-3/h6-8,17-18H,4-5,9-16H2,1-3H3,(H,23,24). The van der Waals surface area contributed by atoms with E-state index in [1.165, 1.54) is 5.56 Å². The van der Waals surface area contributed by atoms with Crippen molar-refractivity contribution in [3.05, 3.63) is 29.8 Å². The molecule has 0 spiro atoms. The summed E-state index contributed by atoms with van der Waals surface area (Å²) in [6.07, 6.45) is 3.20. The highest BCUT2D eigenvalue weighted by Crippen LogP contribution is 2.15. The number of guanidine groups is 1. The van der Waals surface area contributed by atoms with Crippen molar-refractivity contribution in [2.24, 2.45) is 4.99 Å². The van der Waals surface area contributed by atoms with Gasteiger partial charge in [0, 0.05) is 52.9 Å². The number of carbonyl (C=O) groups is 1. The van der Waals surface area contributed by atoms with Crippen LogP contribution in [0.15, 0.2) is 29.3 Å². The van der Waals surface area contributed by atoms with Crippen LogP contribution in [0.2, 0.25) is 0 Å². The van der Waals surface area contributed by atoms with E-state index >= 15 is 0 Å². The molecule has 1 N–H and O–H groups in total. The second-order valence-electron chi connectivity index (χ2n) is 7.81. The fourth-order valence-corrected chi connectivity index (χ4v) is 4.16. The second-order valence-corrected chi connectivity index (χ2v) is 7.81. The molecule has 0 aromatic heterocycles. The van der Waals surface area contributed by atoms with Gasteiger partial charge in [0.15, 0.2) is 5.96 Å². The van der Waals surface area contributed by atoms with E-state index < -0.39 is 0 Å². The lowest BCUT2D eigenvalue weighted by Crippen LogP contribution is -2.57. The van der Waals surface area contributed by atoms with Gasteiger partial charge < -0.3 is 19.9 Å². The van der Waals surface area contributed by atoms with Gasteiger partial charge >= 0.3 is 0 Å². The number of nitrogens with zero attached hydrogens (tertiary/aromatic N) is 4. The number of carbonyl (C=O) groups excluding carboxylic acids is 1. The van der Waals surface area contributed by atoms with E-state index in [2.05, 4.69) is 39.2 Å². The van der Waals surface area contributed by atoms with Crippen molar-refractivity contribution < 1.29 is 9.53 Å². The summed E-state index contributed by atoms with van der Waals surface area (Å²) in [6, 6.07) is 8.14. The summed E-state index contributed by atoms with van der Waals surface area (Å²) in [5.74, 6) is 2.11. The second kappa shape index (κ2) is 10.5. The smallest absolute Gasteiger partial charge is 0.239 e. The Kier molecular flexibility index (Phi) is 7.75. The topological polar surface area (TPSA) is 60.4 Å². The number of nitrogens with one attached hydrogen (secondary N) is 1. The minimum Gasteiger partial charge on any atom is -0.497 e. The highest BCUT2D eigenvalue weighted by atomic mass is 16.5. The first-order chi connectivity index (χ1) is 14.1. The first kappa shape index (κ1) is 21.4. The van der Waals surface area contributed by atoms with Crippen molar-refractivity contribution in [3.8, 4) is 5.75 Å². The molecular weight excluding hydrogens is 366 g/mol. The summed E-state index contributed by atoms with van der Waals surface area (Å²) < 4.78 is 5.29. The number of aliphatic imine (C=N–C) groups is 1. The van der Waals surface area contributed by atoms with Gasteiger partial charge in [0.25, 0.3) is 0 Å². The zero-order chi connectivity index (χ0) is 20.6. The number of hydrogen-bond acceptors (Lipinski definition) is 4. The molecule has 2 fully saturated rings. The normalized spacial score (nSPS) is 19.3. The molecule has 2 heterocycles. The number of rotatable bonds is 6. The third kappa shape index (κ3) is 5.63. The summed E-state index contributed by atoms with van der Waals surface area (Å²) >= 11 is 0. The van der Waals surface area contributed by atoms with E-state index in [1.54, 1.807) is 7.11 Å². The molecule has 2 saturated heterocycles. The minimum atomic E-state index is -0.0294. The number of piperazine rings is 1. The Hall–Kier alpha value is -2.28. The summed E-state index contributed by atoms with van der Waals surface area (Å²) in [7, 11) is 3.53. The molecule has 0 aliphatic carbocycles. The molecule has 1 amide bonds. The Balaban J connectivity index is 1.44. The fraction of sp³-hybridized carbons (Fsp3) is 0.636. The van der Waals surface area contributed by atoms with Crippen LogP contribution in [0.3, 0.4) is 0 Å². The predicted molar refractivity (Wildman–Crippen MR) is 116 cm³/mol. The largest absolute Gasteiger partial charge is 0.497 e. The van der Waals surface area contributed by atoms with Crippen LogP contribution in [0.25, 0.3) is 0 Å². The van der Waals surface area contributed by atoms with Gasteiger partial charge in [0.2, 0.25) is 5.91 Å². The van der Waals surface area contributed by atoms with Crippen molar-refractivity contribution in [3.63, 3.8) is 0 Å². The van der Waals surface area contributed by atoms with Crippen molar-refractivity contribution >= 4 is 11.9 Å². The minimum absolute atomic E-state index is 0.0294. The van der Waals surface area contributed by atoms with Gasteiger partial charge in [-0.2, -0.15) is 0 Å². The monoisotopic (exact) mass is 401 g/mol. The molecule has 7 nitrogen and oxygen atoms in total. The van der Waals surface area contributed by atoms with Crippen LogP contribution in [0, 0.1) is 0 Å². The molecule has 3 rings (SSSR count).